The van der Waals surface area contributed by atoms with E-state index < -0.39 is 0 Å². The van der Waals surface area contributed by atoms with Crippen molar-refractivity contribution in [3.8, 4) is 0 Å². The molecule has 1 aromatic heterocycles. The number of pyridine rings is 1. The van der Waals surface area contributed by atoms with Crippen LogP contribution in [0.4, 0.5) is 4.39 Å². The van der Waals surface area contributed by atoms with Crippen molar-refractivity contribution in [1.29, 1.82) is 0 Å². The Morgan fingerprint density at radius 2 is 2.19 bits per heavy atom. The third-order valence-electron chi connectivity index (χ3n) is 2.88. The van der Waals surface area contributed by atoms with E-state index in [2.05, 4.69) is 4.98 Å². The van der Waals surface area contributed by atoms with Crippen molar-refractivity contribution >= 4 is 10.9 Å². The first-order chi connectivity index (χ1) is 7.63. The minimum absolute atomic E-state index is 0.155. The van der Waals surface area contributed by atoms with Crippen LogP contribution in [0.1, 0.15) is 24.1 Å². The number of hydrogen-bond acceptors (Lipinski definition) is 2. The average Bonchev–Trinajstić information content (AvgIpc) is 2.29. The third kappa shape index (κ3) is 1.78. The molecule has 0 bridgehead atoms. The van der Waals surface area contributed by atoms with E-state index in [1.54, 1.807) is 6.07 Å². The molecule has 2 rings (SSSR count). The lowest BCUT2D eigenvalue weighted by Gasteiger charge is -2.11. The summed E-state index contributed by atoms with van der Waals surface area (Å²) in [6.07, 6.45) is 0. The number of para-hydroxylation sites is 1. The number of halogens is 1. The van der Waals surface area contributed by atoms with E-state index in [-0.39, 0.29) is 11.7 Å². The van der Waals surface area contributed by atoms with E-state index in [0.717, 1.165) is 16.6 Å². The standard InChI is InChI=1S/C13H15FN2/c1-8-6-12(9(2)7-15)16-13-10(8)4-3-5-11(13)14/h3-6,9H,7,15H2,1-2H3. The van der Waals surface area contributed by atoms with Gasteiger partial charge in [0.05, 0.1) is 0 Å². The second kappa shape index (κ2) is 4.18. The van der Waals surface area contributed by atoms with Crippen LogP contribution >= 0.6 is 0 Å². The van der Waals surface area contributed by atoms with Gasteiger partial charge in [-0.25, -0.2) is 9.37 Å². The Morgan fingerprint density at radius 3 is 2.88 bits per heavy atom. The molecule has 0 aliphatic carbocycles. The van der Waals surface area contributed by atoms with Gasteiger partial charge in [0.15, 0.2) is 0 Å². The maximum Gasteiger partial charge on any atom is 0.149 e. The summed E-state index contributed by atoms with van der Waals surface area (Å²) in [7, 11) is 0. The molecule has 0 aliphatic heterocycles. The summed E-state index contributed by atoms with van der Waals surface area (Å²) in [5.74, 6) is -0.116. The van der Waals surface area contributed by atoms with Crippen LogP contribution in [0.2, 0.25) is 0 Å². The summed E-state index contributed by atoms with van der Waals surface area (Å²) in [5.41, 5.74) is 7.95. The van der Waals surface area contributed by atoms with Crippen molar-refractivity contribution < 1.29 is 4.39 Å². The van der Waals surface area contributed by atoms with E-state index in [0.29, 0.717) is 12.1 Å². The van der Waals surface area contributed by atoms with E-state index in [9.17, 15) is 4.39 Å². The number of rotatable bonds is 2. The minimum atomic E-state index is -0.272. The normalized spacial score (nSPS) is 13.0. The zero-order chi connectivity index (χ0) is 11.7. The molecular formula is C13H15FN2. The van der Waals surface area contributed by atoms with Crippen LogP contribution in [0.15, 0.2) is 24.3 Å². The van der Waals surface area contributed by atoms with E-state index in [1.165, 1.54) is 6.07 Å². The lowest BCUT2D eigenvalue weighted by atomic mass is 10.0. The molecule has 0 amide bonds. The van der Waals surface area contributed by atoms with Crippen LogP contribution in [0.25, 0.3) is 10.9 Å². The SMILES string of the molecule is Cc1cc(C(C)CN)nc2c(F)cccc12. The van der Waals surface area contributed by atoms with Gasteiger partial charge in [0.25, 0.3) is 0 Å². The lowest BCUT2D eigenvalue weighted by molar-refractivity contribution is 0.634. The minimum Gasteiger partial charge on any atom is -0.330 e. The largest absolute Gasteiger partial charge is 0.330 e. The van der Waals surface area contributed by atoms with Gasteiger partial charge >= 0.3 is 0 Å². The quantitative estimate of drug-likeness (QED) is 0.841. The van der Waals surface area contributed by atoms with E-state index >= 15 is 0 Å². The molecule has 2 aromatic rings. The highest BCUT2D eigenvalue weighted by molar-refractivity contribution is 5.82. The van der Waals surface area contributed by atoms with Crippen molar-refractivity contribution in [3.63, 3.8) is 0 Å². The molecule has 0 fully saturated rings. The zero-order valence-corrected chi connectivity index (χ0v) is 9.50. The zero-order valence-electron chi connectivity index (χ0n) is 9.50. The van der Waals surface area contributed by atoms with Gasteiger partial charge in [-0.2, -0.15) is 0 Å². The maximum absolute atomic E-state index is 13.6. The van der Waals surface area contributed by atoms with Crippen molar-refractivity contribution in [3.05, 3.63) is 41.3 Å². The molecule has 84 valence electrons. The van der Waals surface area contributed by atoms with Gasteiger partial charge in [-0.05, 0) is 24.6 Å². The average molecular weight is 218 g/mol. The fourth-order valence-corrected chi connectivity index (χ4v) is 1.78. The highest BCUT2D eigenvalue weighted by atomic mass is 19.1. The van der Waals surface area contributed by atoms with Crippen LogP contribution in [-0.4, -0.2) is 11.5 Å². The van der Waals surface area contributed by atoms with Crippen LogP contribution in [-0.2, 0) is 0 Å². The van der Waals surface area contributed by atoms with E-state index in [4.69, 9.17) is 5.73 Å². The number of nitrogens with two attached hydrogens (primary N) is 1. The second-order valence-corrected chi connectivity index (χ2v) is 4.14. The molecule has 1 heterocycles. The highest BCUT2D eigenvalue weighted by Gasteiger charge is 2.10. The number of aromatic nitrogens is 1. The Kier molecular flexibility index (Phi) is 2.88. The molecule has 1 aromatic carbocycles. The molecule has 0 spiro atoms. The molecule has 2 N–H and O–H groups in total. The summed E-state index contributed by atoms with van der Waals surface area (Å²) in [4.78, 5) is 4.35. The number of benzene rings is 1. The molecule has 1 unspecified atom stereocenters. The Morgan fingerprint density at radius 1 is 1.44 bits per heavy atom. The van der Waals surface area contributed by atoms with E-state index in [1.807, 2.05) is 26.0 Å². The first-order valence-electron chi connectivity index (χ1n) is 5.39. The molecular weight excluding hydrogens is 203 g/mol. The second-order valence-electron chi connectivity index (χ2n) is 4.14. The van der Waals surface area contributed by atoms with Gasteiger partial charge in [-0.3, -0.25) is 0 Å². The smallest absolute Gasteiger partial charge is 0.149 e. The summed E-state index contributed by atoms with van der Waals surface area (Å²) in [6.45, 7) is 4.48. The number of nitrogens with zero attached hydrogens (tertiary/aromatic N) is 1. The van der Waals surface area contributed by atoms with Crippen LogP contribution in [0.3, 0.4) is 0 Å². The topological polar surface area (TPSA) is 38.9 Å². The molecule has 2 nitrogen and oxygen atoms in total. The molecule has 0 saturated carbocycles. The van der Waals surface area contributed by atoms with Gasteiger partial charge in [-0.1, -0.05) is 19.1 Å². The summed E-state index contributed by atoms with van der Waals surface area (Å²) < 4.78 is 13.6. The summed E-state index contributed by atoms with van der Waals surface area (Å²) in [6, 6.07) is 7.01. The van der Waals surface area contributed by atoms with Gasteiger partial charge in [0, 0.05) is 23.5 Å². The lowest BCUT2D eigenvalue weighted by Crippen LogP contribution is -2.11. The summed E-state index contributed by atoms with van der Waals surface area (Å²) >= 11 is 0. The molecule has 0 saturated heterocycles. The van der Waals surface area contributed by atoms with Crippen molar-refractivity contribution in [2.24, 2.45) is 5.73 Å². The van der Waals surface area contributed by atoms with Gasteiger partial charge in [-0.15, -0.1) is 0 Å². The molecule has 3 heteroatoms. The number of aryl methyl sites for hydroxylation is 1. The van der Waals surface area contributed by atoms with Gasteiger partial charge < -0.3 is 5.73 Å². The Hall–Kier alpha value is -1.48. The number of fused-ring (bicyclic) bond motifs is 1. The first kappa shape index (κ1) is 11.0. The van der Waals surface area contributed by atoms with Crippen LogP contribution < -0.4 is 5.73 Å². The van der Waals surface area contributed by atoms with Gasteiger partial charge in [0.2, 0.25) is 0 Å². The van der Waals surface area contributed by atoms with Crippen molar-refractivity contribution in [2.45, 2.75) is 19.8 Å². The fourth-order valence-electron chi connectivity index (χ4n) is 1.78. The predicted octanol–water partition coefficient (Wildman–Crippen LogP) is 2.74. The van der Waals surface area contributed by atoms with Gasteiger partial charge in [0.1, 0.15) is 11.3 Å². The Bertz CT molecular complexity index is 523. The molecule has 16 heavy (non-hydrogen) atoms. The Balaban J connectivity index is 2.70. The third-order valence-corrected chi connectivity index (χ3v) is 2.88. The molecule has 0 radical (unpaired) electrons. The maximum atomic E-state index is 13.6. The molecule has 1 atom stereocenters. The summed E-state index contributed by atoms with van der Waals surface area (Å²) in [5, 5.41) is 0.868. The van der Waals surface area contributed by atoms with Crippen LogP contribution in [0.5, 0.6) is 0 Å². The highest BCUT2D eigenvalue weighted by Crippen LogP contribution is 2.23. The Labute approximate surface area is 94.3 Å². The van der Waals surface area contributed by atoms with Crippen LogP contribution in [0, 0.1) is 12.7 Å². The molecule has 0 aliphatic rings. The first-order valence-corrected chi connectivity index (χ1v) is 5.39. The number of hydrogen-bond donors (Lipinski definition) is 1. The van der Waals surface area contributed by atoms with Crippen molar-refractivity contribution in [2.75, 3.05) is 6.54 Å². The fraction of sp³-hybridized carbons (Fsp3) is 0.308. The van der Waals surface area contributed by atoms with Crippen molar-refractivity contribution in [1.82, 2.24) is 4.98 Å². The monoisotopic (exact) mass is 218 g/mol. The predicted molar refractivity (Wildman–Crippen MR) is 63.9 cm³/mol.